The molecule has 0 spiro atoms. The Hall–Kier alpha value is -0.640. The quantitative estimate of drug-likeness (QED) is 0.674. The lowest BCUT2D eigenvalue weighted by Crippen LogP contribution is -2.29. The van der Waals surface area contributed by atoms with E-state index in [1.165, 1.54) is 13.2 Å². The van der Waals surface area contributed by atoms with Crippen LogP contribution in [0.25, 0.3) is 0 Å². The van der Waals surface area contributed by atoms with Crippen LogP contribution in [0.3, 0.4) is 0 Å². The molecule has 6 heteroatoms. The first-order chi connectivity index (χ1) is 7.99. The van der Waals surface area contributed by atoms with Gasteiger partial charge < -0.3 is 10.1 Å². The zero-order valence-electron chi connectivity index (χ0n) is 9.39. The average molecular weight is 297 g/mol. The summed E-state index contributed by atoms with van der Waals surface area (Å²) in [7, 11) is 1.34. The average Bonchev–Trinajstić information content (AvgIpc) is 2.31. The van der Waals surface area contributed by atoms with Crippen LogP contribution < -0.4 is 5.32 Å². The number of benzene rings is 1. The zero-order chi connectivity index (χ0) is 13.0. The summed E-state index contributed by atoms with van der Waals surface area (Å²) >= 11 is 17.7. The SMILES string of the molecule is CCC(Nc1cc(Cl)c(Cl)cc1Cl)C(=O)OC. The molecule has 1 atom stereocenters. The Balaban J connectivity index is 2.94. The van der Waals surface area contributed by atoms with Crippen LogP contribution in [-0.4, -0.2) is 19.1 Å². The first-order valence-corrected chi connectivity index (χ1v) is 6.11. The molecule has 3 nitrogen and oxygen atoms in total. The van der Waals surface area contributed by atoms with Gasteiger partial charge in [-0.25, -0.2) is 4.79 Å². The minimum Gasteiger partial charge on any atom is -0.467 e. The normalized spacial score (nSPS) is 12.1. The van der Waals surface area contributed by atoms with Crippen LogP contribution in [0.5, 0.6) is 0 Å². The predicted molar refractivity (Wildman–Crippen MR) is 71.2 cm³/mol. The maximum absolute atomic E-state index is 11.4. The van der Waals surface area contributed by atoms with E-state index in [0.717, 1.165) is 0 Å². The van der Waals surface area contributed by atoms with Gasteiger partial charge in [0.1, 0.15) is 6.04 Å². The third-order valence-corrected chi connectivity index (χ3v) is 3.27. The number of methoxy groups -OCH3 is 1. The van der Waals surface area contributed by atoms with Gasteiger partial charge in [0.25, 0.3) is 0 Å². The molecule has 1 unspecified atom stereocenters. The van der Waals surface area contributed by atoms with Crippen LogP contribution in [0.4, 0.5) is 5.69 Å². The maximum atomic E-state index is 11.4. The minimum atomic E-state index is -0.463. The van der Waals surface area contributed by atoms with Crippen LogP contribution in [0.15, 0.2) is 12.1 Å². The summed E-state index contributed by atoms with van der Waals surface area (Å²) in [5.41, 5.74) is 0.554. The van der Waals surface area contributed by atoms with Crippen LogP contribution in [0, 0.1) is 0 Å². The molecule has 1 rings (SSSR count). The summed E-state index contributed by atoms with van der Waals surface area (Å²) in [6, 6.07) is 2.64. The number of nitrogens with one attached hydrogen (secondary N) is 1. The van der Waals surface area contributed by atoms with Crippen molar-refractivity contribution in [2.45, 2.75) is 19.4 Å². The van der Waals surface area contributed by atoms with E-state index in [0.29, 0.717) is 27.2 Å². The van der Waals surface area contributed by atoms with Crippen LogP contribution in [0.1, 0.15) is 13.3 Å². The maximum Gasteiger partial charge on any atom is 0.328 e. The van der Waals surface area contributed by atoms with Gasteiger partial charge in [0.2, 0.25) is 0 Å². The Morgan fingerprint density at radius 2 is 1.88 bits per heavy atom. The molecule has 0 saturated heterocycles. The molecule has 0 aromatic heterocycles. The molecule has 0 amide bonds. The Morgan fingerprint density at radius 1 is 1.29 bits per heavy atom. The van der Waals surface area contributed by atoms with E-state index in [1.54, 1.807) is 6.07 Å². The molecule has 94 valence electrons. The molecule has 1 aromatic carbocycles. The van der Waals surface area contributed by atoms with Crippen LogP contribution in [0.2, 0.25) is 15.1 Å². The molecule has 1 N–H and O–H groups in total. The summed E-state index contributed by atoms with van der Waals surface area (Å²) in [6.07, 6.45) is 0.573. The monoisotopic (exact) mass is 295 g/mol. The second-order valence-electron chi connectivity index (χ2n) is 3.37. The number of carbonyl (C=O) groups excluding carboxylic acids is 1. The van der Waals surface area contributed by atoms with Gasteiger partial charge in [-0.15, -0.1) is 0 Å². The fourth-order valence-electron chi connectivity index (χ4n) is 1.29. The molecule has 0 saturated carbocycles. The number of ether oxygens (including phenoxy) is 1. The lowest BCUT2D eigenvalue weighted by molar-refractivity contribution is -0.141. The first kappa shape index (κ1) is 14.4. The van der Waals surface area contributed by atoms with Gasteiger partial charge in [0.15, 0.2) is 0 Å². The molecular weight excluding hydrogens is 284 g/mol. The summed E-state index contributed by atoms with van der Waals surface area (Å²) in [5, 5.41) is 4.11. The van der Waals surface area contributed by atoms with Crippen LogP contribution in [-0.2, 0) is 9.53 Å². The van der Waals surface area contributed by atoms with Crippen LogP contribution >= 0.6 is 34.8 Å². The van der Waals surface area contributed by atoms with E-state index in [-0.39, 0.29) is 5.97 Å². The van der Waals surface area contributed by atoms with Crippen molar-refractivity contribution >= 4 is 46.5 Å². The predicted octanol–water partition coefficient (Wildman–Crippen LogP) is 4.01. The van der Waals surface area contributed by atoms with Crippen molar-refractivity contribution < 1.29 is 9.53 Å². The zero-order valence-corrected chi connectivity index (χ0v) is 11.7. The fraction of sp³-hybridized carbons (Fsp3) is 0.364. The summed E-state index contributed by atoms with van der Waals surface area (Å²) in [5.74, 6) is -0.352. The third-order valence-electron chi connectivity index (χ3n) is 2.23. The lowest BCUT2D eigenvalue weighted by atomic mass is 10.2. The van der Waals surface area contributed by atoms with E-state index in [1.807, 2.05) is 6.92 Å². The molecule has 0 radical (unpaired) electrons. The second-order valence-corrected chi connectivity index (χ2v) is 4.60. The molecule has 0 heterocycles. The highest BCUT2D eigenvalue weighted by molar-refractivity contribution is 6.44. The highest BCUT2D eigenvalue weighted by Crippen LogP contribution is 2.32. The Morgan fingerprint density at radius 3 is 2.41 bits per heavy atom. The van der Waals surface area contributed by atoms with Gasteiger partial charge in [0, 0.05) is 0 Å². The summed E-state index contributed by atoms with van der Waals surface area (Å²) in [6.45, 7) is 1.86. The Bertz CT molecular complexity index is 423. The molecular formula is C11H12Cl3NO2. The molecule has 0 fully saturated rings. The fourth-order valence-corrected chi connectivity index (χ4v) is 1.89. The molecule has 0 aliphatic carbocycles. The minimum absolute atomic E-state index is 0.352. The molecule has 0 aliphatic heterocycles. The molecule has 0 aliphatic rings. The number of anilines is 1. The largest absolute Gasteiger partial charge is 0.467 e. The number of rotatable bonds is 4. The highest BCUT2D eigenvalue weighted by atomic mass is 35.5. The van der Waals surface area contributed by atoms with Crippen molar-refractivity contribution in [2.75, 3.05) is 12.4 Å². The van der Waals surface area contributed by atoms with Crippen molar-refractivity contribution in [3.8, 4) is 0 Å². The number of hydrogen-bond donors (Lipinski definition) is 1. The summed E-state index contributed by atoms with van der Waals surface area (Å²) in [4.78, 5) is 11.4. The first-order valence-electron chi connectivity index (χ1n) is 4.98. The number of halogens is 3. The number of hydrogen-bond acceptors (Lipinski definition) is 3. The lowest BCUT2D eigenvalue weighted by Gasteiger charge is -2.17. The topological polar surface area (TPSA) is 38.3 Å². The number of carbonyl (C=O) groups is 1. The van der Waals surface area contributed by atoms with Gasteiger partial charge >= 0.3 is 5.97 Å². The standard InChI is InChI=1S/C11H12Cl3NO2/c1-3-9(11(16)17-2)15-10-5-7(13)6(12)4-8(10)14/h4-5,9,15H,3H2,1-2H3. The molecule has 1 aromatic rings. The number of esters is 1. The van der Waals surface area contributed by atoms with E-state index >= 15 is 0 Å². The van der Waals surface area contributed by atoms with Gasteiger partial charge in [0.05, 0.1) is 27.9 Å². The van der Waals surface area contributed by atoms with Crippen molar-refractivity contribution in [1.29, 1.82) is 0 Å². The van der Waals surface area contributed by atoms with Crippen molar-refractivity contribution in [3.63, 3.8) is 0 Å². The van der Waals surface area contributed by atoms with Crippen molar-refractivity contribution in [1.82, 2.24) is 0 Å². The van der Waals surface area contributed by atoms with Gasteiger partial charge in [-0.1, -0.05) is 41.7 Å². The van der Waals surface area contributed by atoms with Crippen molar-refractivity contribution in [2.24, 2.45) is 0 Å². The molecule has 17 heavy (non-hydrogen) atoms. The smallest absolute Gasteiger partial charge is 0.328 e. The Labute approximate surface area is 115 Å². The van der Waals surface area contributed by atoms with Gasteiger partial charge in [-0.3, -0.25) is 0 Å². The van der Waals surface area contributed by atoms with E-state index in [4.69, 9.17) is 34.8 Å². The van der Waals surface area contributed by atoms with E-state index in [9.17, 15) is 4.79 Å². The summed E-state index contributed by atoms with van der Waals surface area (Å²) < 4.78 is 4.67. The van der Waals surface area contributed by atoms with Gasteiger partial charge in [-0.05, 0) is 18.6 Å². The van der Waals surface area contributed by atoms with Crippen molar-refractivity contribution in [3.05, 3.63) is 27.2 Å². The van der Waals surface area contributed by atoms with E-state index < -0.39 is 6.04 Å². The highest BCUT2D eigenvalue weighted by Gasteiger charge is 2.18. The Kier molecular flexibility index (Phi) is 5.37. The molecule has 0 bridgehead atoms. The third kappa shape index (κ3) is 3.66. The second kappa shape index (κ2) is 6.34. The van der Waals surface area contributed by atoms with E-state index in [2.05, 4.69) is 10.1 Å². The van der Waals surface area contributed by atoms with Gasteiger partial charge in [-0.2, -0.15) is 0 Å².